The topological polar surface area (TPSA) is 71.7 Å². The van der Waals surface area contributed by atoms with Crippen LogP contribution in [0.25, 0.3) is 0 Å². The molecule has 0 unspecified atom stereocenters. The maximum Gasteiger partial charge on any atom is 0.203 e. The molecule has 0 bridgehead atoms. The summed E-state index contributed by atoms with van der Waals surface area (Å²) in [6, 6.07) is 14.6. The van der Waals surface area contributed by atoms with Crippen LogP contribution in [0.1, 0.15) is 24.8 Å². The molecule has 0 spiro atoms. The molecular formula is C19H19BrN4O. The first-order valence-electron chi connectivity index (χ1n) is 8.25. The van der Waals surface area contributed by atoms with Crippen molar-refractivity contribution < 1.29 is 5.11 Å². The first kappa shape index (κ1) is 17.3. The highest BCUT2D eigenvalue weighted by molar-refractivity contribution is 9.10. The van der Waals surface area contributed by atoms with E-state index in [-0.39, 0.29) is 5.75 Å². The molecule has 1 heterocycles. The van der Waals surface area contributed by atoms with E-state index in [1.54, 1.807) is 12.1 Å². The number of aromatic hydroxyl groups is 1. The van der Waals surface area contributed by atoms with Crippen LogP contribution in [0, 0.1) is 11.3 Å². The number of anilines is 1. The highest BCUT2D eigenvalue weighted by atomic mass is 79.9. The van der Waals surface area contributed by atoms with Gasteiger partial charge < -0.3 is 15.3 Å². The average molecular weight is 399 g/mol. The van der Waals surface area contributed by atoms with Crippen LogP contribution in [0.5, 0.6) is 5.75 Å². The molecule has 5 nitrogen and oxygen atoms in total. The minimum Gasteiger partial charge on any atom is -0.506 e. The molecule has 1 saturated heterocycles. The maximum atomic E-state index is 10.2. The molecule has 1 fully saturated rings. The van der Waals surface area contributed by atoms with E-state index in [1.165, 1.54) is 12.5 Å². The third-order valence-electron chi connectivity index (χ3n) is 4.11. The van der Waals surface area contributed by atoms with Gasteiger partial charge in [-0.2, -0.15) is 5.26 Å². The standard InChI is InChI=1S/C19H19BrN4O/c20-15-6-2-3-7-16(15)22-19(24-10-4-1-5-11-24)23-17-9-8-14(13-21)12-18(17)25/h2-3,6-9,12,25H,1,4-5,10-11H2,(H,22,23). The van der Waals surface area contributed by atoms with Gasteiger partial charge in [0.05, 0.1) is 23.0 Å². The molecular weight excluding hydrogens is 380 g/mol. The molecule has 25 heavy (non-hydrogen) atoms. The van der Waals surface area contributed by atoms with E-state index in [0.29, 0.717) is 17.2 Å². The van der Waals surface area contributed by atoms with Crippen LogP contribution in [0.15, 0.2) is 51.9 Å². The lowest BCUT2D eigenvalue weighted by Crippen LogP contribution is -2.39. The number of guanidine groups is 1. The predicted molar refractivity (Wildman–Crippen MR) is 103 cm³/mol. The lowest BCUT2D eigenvalue weighted by Gasteiger charge is -2.30. The van der Waals surface area contributed by atoms with Gasteiger partial charge in [-0.3, -0.25) is 0 Å². The number of phenols is 1. The number of para-hydroxylation sites is 1. The number of benzene rings is 2. The van der Waals surface area contributed by atoms with E-state index in [0.717, 1.165) is 36.1 Å². The Morgan fingerprint density at radius 3 is 2.60 bits per heavy atom. The van der Waals surface area contributed by atoms with Gasteiger partial charge in [0.1, 0.15) is 5.75 Å². The molecule has 0 radical (unpaired) electrons. The van der Waals surface area contributed by atoms with Gasteiger partial charge in [-0.1, -0.05) is 12.1 Å². The summed E-state index contributed by atoms with van der Waals surface area (Å²) in [4.78, 5) is 6.96. The second kappa shape index (κ2) is 8.04. The first-order valence-corrected chi connectivity index (χ1v) is 9.05. The Morgan fingerprint density at radius 1 is 1.16 bits per heavy atom. The molecule has 0 amide bonds. The maximum absolute atomic E-state index is 10.2. The van der Waals surface area contributed by atoms with Crippen LogP contribution in [-0.4, -0.2) is 29.1 Å². The Labute approximate surface area is 155 Å². The molecule has 2 aromatic rings. The van der Waals surface area contributed by atoms with Gasteiger partial charge in [-0.05, 0) is 65.5 Å². The number of nitrogens with one attached hydrogen (secondary N) is 1. The SMILES string of the molecule is N#Cc1ccc(NC(=Nc2ccccc2Br)N2CCCCC2)c(O)c1. The van der Waals surface area contributed by atoms with Crippen LogP contribution in [0.3, 0.4) is 0 Å². The van der Waals surface area contributed by atoms with E-state index < -0.39 is 0 Å². The number of hydrogen-bond acceptors (Lipinski definition) is 3. The molecule has 0 saturated carbocycles. The predicted octanol–water partition coefficient (Wildman–Crippen LogP) is 4.61. The Bertz CT molecular complexity index is 822. The normalized spacial score (nSPS) is 14.9. The second-order valence-electron chi connectivity index (χ2n) is 5.90. The molecule has 128 valence electrons. The fourth-order valence-corrected chi connectivity index (χ4v) is 3.14. The number of rotatable bonds is 2. The van der Waals surface area contributed by atoms with Crippen LogP contribution < -0.4 is 5.32 Å². The largest absolute Gasteiger partial charge is 0.506 e. The van der Waals surface area contributed by atoms with Crippen LogP contribution >= 0.6 is 15.9 Å². The number of halogens is 1. The van der Waals surface area contributed by atoms with Crippen molar-refractivity contribution in [2.75, 3.05) is 18.4 Å². The molecule has 0 aromatic heterocycles. The summed E-state index contributed by atoms with van der Waals surface area (Å²) in [7, 11) is 0. The number of nitrogens with zero attached hydrogens (tertiary/aromatic N) is 3. The number of phenolic OH excluding ortho intramolecular Hbond substituents is 1. The molecule has 2 N–H and O–H groups in total. The van der Waals surface area contributed by atoms with Gasteiger partial charge in [0, 0.05) is 17.6 Å². The number of hydrogen-bond donors (Lipinski definition) is 2. The van der Waals surface area contributed by atoms with Gasteiger partial charge in [0.25, 0.3) is 0 Å². The second-order valence-corrected chi connectivity index (χ2v) is 6.76. The van der Waals surface area contributed by atoms with Gasteiger partial charge in [0.2, 0.25) is 5.96 Å². The minimum absolute atomic E-state index is 0.0379. The number of nitriles is 1. The van der Waals surface area contributed by atoms with E-state index in [9.17, 15) is 5.11 Å². The minimum atomic E-state index is 0.0379. The zero-order chi connectivity index (χ0) is 17.6. The molecule has 0 atom stereocenters. The Morgan fingerprint density at radius 2 is 1.92 bits per heavy atom. The molecule has 1 aliphatic heterocycles. The molecule has 2 aromatic carbocycles. The van der Waals surface area contributed by atoms with E-state index in [1.807, 2.05) is 30.3 Å². The van der Waals surface area contributed by atoms with Gasteiger partial charge in [0.15, 0.2) is 0 Å². The first-order chi connectivity index (χ1) is 12.2. The summed E-state index contributed by atoms with van der Waals surface area (Å²) in [5.41, 5.74) is 1.78. The van der Waals surface area contributed by atoms with Crippen LogP contribution in [0.2, 0.25) is 0 Å². The zero-order valence-corrected chi connectivity index (χ0v) is 15.3. The van der Waals surface area contributed by atoms with Crippen molar-refractivity contribution in [2.45, 2.75) is 19.3 Å². The zero-order valence-electron chi connectivity index (χ0n) is 13.7. The Kier molecular flexibility index (Phi) is 5.56. The molecule has 0 aliphatic carbocycles. The van der Waals surface area contributed by atoms with E-state index >= 15 is 0 Å². The monoisotopic (exact) mass is 398 g/mol. The highest BCUT2D eigenvalue weighted by Crippen LogP contribution is 2.28. The van der Waals surface area contributed by atoms with Gasteiger partial charge >= 0.3 is 0 Å². The van der Waals surface area contributed by atoms with Crippen LogP contribution in [-0.2, 0) is 0 Å². The lowest BCUT2D eigenvalue weighted by atomic mass is 10.1. The van der Waals surface area contributed by atoms with Crippen molar-refractivity contribution in [3.8, 4) is 11.8 Å². The fourth-order valence-electron chi connectivity index (χ4n) is 2.77. The van der Waals surface area contributed by atoms with Crippen molar-refractivity contribution in [1.29, 1.82) is 5.26 Å². The summed E-state index contributed by atoms with van der Waals surface area (Å²) in [6.45, 7) is 1.85. The summed E-state index contributed by atoms with van der Waals surface area (Å²) in [5.74, 6) is 0.738. The van der Waals surface area contributed by atoms with E-state index in [2.05, 4.69) is 26.1 Å². The third-order valence-corrected chi connectivity index (χ3v) is 4.78. The van der Waals surface area contributed by atoms with Crippen molar-refractivity contribution in [3.05, 3.63) is 52.5 Å². The quantitative estimate of drug-likeness (QED) is 0.440. The molecule has 6 heteroatoms. The van der Waals surface area contributed by atoms with Crippen molar-refractivity contribution >= 4 is 33.3 Å². The van der Waals surface area contributed by atoms with Crippen LogP contribution in [0.4, 0.5) is 11.4 Å². The molecule has 3 rings (SSSR count). The highest BCUT2D eigenvalue weighted by Gasteiger charge is 2.17. The number of aliphatic imine (C=N–C) groups is 1. The number of piperidine rings is 1. The third kappa shape index (κ3) is 4.31. The number of likely N-dealkylation sites (tertiary alicyclic amines) is 1. The van der Waals surface area contributed by atoms with Crippen molar-refractivity contribution in [3.63, 3.8) is 0 Å². The Hall–Kier alpha value is -2.52. The summed E-state index contributed by atoms with van der Waals surface area (Å²) >= 11 is 3.53. The fraction of sp³-hybridized carbons (Fsp3) is 0.263. The summed E-state index contributed by atoms with van der Waals surface area (Å²) in [5, 5.41) is 22.4. The molecule has 1 aliphatic rings. The van der Waals surface area contributed by atoms with E-state index in [4.69, 9.17) is 10.3 Å². The van der Waals surface area contributed by atoms with Crippen molar-refractivity contribution in [1.82, 2.24) is 4.90 Å². The Balaban J connectivity index is 1.94. The van der Waals surface area contributed by atoms with Crippen molar-refractivity contribution in [2.24, 2.45) is 4.99 Å². The van der Waals surface area contributed by atoms with Gasteiger partial charge in [-0.15, -0.1) is 0 Å². The van der Waals surface area contributed by atoms with Gasteiger partial charge in [-0.25, -0.2) is 4.99 Å². The summed E-state index contributed by atoms with van der Waals surface area (Å²) in [6.07, 6.45) is 3.47. The lowest BCUT2D eigenvalue weighted by molar-refractivity contribution is 0.341. The smallest absolute Gasteiger partial charge is 0.203 e. The average Bonchev–Trinajstić information content (AvgIpc) is 2.65. The summed E-state index contributed by atoms with van der Waals surface area (Å²) < 4.78 is 0.912.